The molecule has 8 nitrogen and oxygen atoms in total. The molecule has 1 aliphatic rings. The third kappa shape index (κ3) is 6.00. The predicted molar refractivity (Wildman–Crippen MR) is 148 cm³/mol. The summed E-state index contributed by atoms with van der Waals surface area (Å²) in [6, 6.07) is 13.2. The predicted octanol–water partition coefficient (Wildman–Crippen LogP) is 5.95. The fourth-order valence-corrected chi connectivity index (χ4v) is 4.62. The Labute approximate surface area is 235 Å². The molecule has 0 unspecified atom stereocenters. The van der Waals surface area contributed by atoms with Gasteiger partial charge >= 0.3 is 6.03 Å². The normalized spacial score (nSPS) is 14.6. The lowest BCUT2D eigenvalue weighted by Crippen LogP contribution is -2.54. The number of aromatic hydroxyl groups is 1. The molecule has 4 rings (SSSR count). The number of ether oxygens (including phenoxy) is 2. The van der Waals surface area contributed by atoms with E-state index in [1.165, 1.54) is 30.3 Å². The van der Waals surface area contributed by atoms with E-state index < -0.39 is 17.8 Å². The second kappa shape index (κ2) is 11.4. The van der Waals surface area contributed by atoms with Crippen LogP contribution in [0.2, 0.25) is 10.0 Å². The molecule has 1 aliphatic heterocycles. The van der Waals surface area contributed by atoms with E-state index in [4.69, 9.17) is 32.7 Å². The summed E-state index contributed by atoms with van der Waals surface area (Å²) in [6.07, 6.45) is 1.38. The van der Waals surface area contributed by atoms with Gasteiger partial charge in [0.25, 0.3) is 11.8 Å². The minimum Gasteiger partial charge on any atom is -0.508 e. The zero-order chi connectivity index (χ0) is 26.7. The Balaban J connectivity index is 1.65. The van der Waals surface area contributed by atoms with Gasteiger partial charge in [-0.3, -0.25) is 14.9 Å². The molecule has 0 saturated carbocycles. The van der Waals surface area contributed by atoms with Gasteiger partial charge in [0.2, 0.25) is 0 Å². The summed E-state index contributed by atoms with van der Waals surface area (Å²) in [7, 11) is 0. The molecule has 0 radical (unpaired) electrons. The first-order valence-corrected chi connectivity index (χ1v) is 12.7. The number of nitrogens with one attached hydrogen (secondary N) is 1. The third-order valence-corrected chi connectivity index (χ3v) is 6.76. The average Bonchev–Trinajstić information content (AvgIpc) is 2.84. The number of phenolic OH excluding ortho intramolecular Hbond substituents is 1. The highest BCUT2D eigenvalue weighted by molar-refractivity contribution is 14.1. The lowest BCUT2D eigenvalue weighted by atomic mass is 10.1. The van der Waals surface area contributed by atoms with Crippen LogP contribution in [0.4, 0.5) is 10.5 Å². The fourth-order valence-electron chi connectivity index (χ4n) is 3.52. The lowest BCUT2D eigenvalue weighted by Gasteiger charge is -2.26. The third-order valence-electron chi connectivity index (χ3n) is 5.22. The summed E-state index contributed by atoms with van der Waals surface area (Å²) in [5.41, 5.74) is 1.26. The molecule has 1 fully saturated rings. The smallest absolute Gasteiger partial charge is 0.335 e. The van der Waals surface area contributed by atoms with Crippen molar-refractivity contribution in [1.29, 1.82) is 0 Å². The van der Waals surface area contributed by atoms with Crippen LogP contribution in [-0.2, 0) is 16.2 Å². The maximum absolute atomic E-state index is 13.1. The minimum atomic E-state index is -0.881. The van der Waals surface area contributed by atoms with Crippen LogP contribution in [0.5, 0.6) is 17.2 Å². The highest BCUT2D eigenvalue weighted by Gasteiger charge is 2.36. The van der Waals surface area contributed by atoms with E-state index in [1.807, 2.05) is 6.92 Å². The number of rotatable bonds is 7. The number of carbonyl (C=O) groups is 3. The van der Waals surface area contributed by atoms with Gasteiger partial charge in [0.1, 0.15) is 17.9 Å². The Bertz CT molecular complexity index is 1430. The molecule has 1 heterocycles. The van der Waals surface area contributed by atoms with Crippen molar-refractivity contribution in [2.75, 3.05) is 11.5 Å². The fraction of sp³-hybridized carbons (Fsp3) is 0.115. The van der Waals surface area contributed by atoms with Gasteiger partial charge in [-0.25, -0.2) is 9.69 Å². The maximum Gasteiger partial charge on any atom is 0.335 e. The molecule has 190 valence electrons. The molecule has 37 heavy (non-hydrogen) atoms. The molecule has 0 spiro atoms. The number of urea groups is 1. The van der Waals surface area contributed by atoms with Gasteiger partial charge in [-0.15, -0.1) is 0 Å². The second-order valence-electron chi connectivity index (χ2n) is 7.77. The van der Waals surface area contributed by atoms with E-state index in [1.54, 1.807) is 30.3 Å². The molecular formula is C26H19Cl2IN2O6. The molecule has 0 atom stereocenters. The van der Waals surface area contributed by atoms with Gasteiger partial charge in [-0.1, -0.05) is 29.3 Å². The van der Waals surface area contributed by atoms with Crippen molar-refractivity contribution in [2.24, 2.45) is 0 Å². The molecule has 4 amide bonds. The summed E-state index contributed by atoms with van der Waals surface area (Å²) in [5, 5.41) is 12.6. The number of carbonyl (C=O) groups excluding carboxylic acids is 3. The Kier molecular flexibility index (Phi) is 8.25. The highest BCUT2D eigenvalue weighted by Crippen LogP contribution is 2.36. The van der Waals surface area contributed by atoms with Gasteiger partial charge < -0.3 is 14.6 Å². The van der Waals surface area contributed by atoms with Gasteiger partial charge in [0.15, 0.2) is 11.5 Å². The van der Waals surface area contributed by atoms with Crippen molar-refractivity contribution in [3.63, 3.8) is 0 Å². The minimum absolute atomic E-state index is 0.0278. The number of hydrogen-bond donors (Lipinski definition) is 2. The summed E-state index contributed by atoms with van der Waals surface area (Å²) in [4.78, 5) is 38.9. The van der Waals surface area contributed by atoms with Crippen molar-refractivity contribution in [2.45, 2.75) is 13.5 Å². The van der Waals surface area contributed by atoms with Crippen LogP contribution in [0.1, 0.15) is 18.1 Å². The lowest BCUT2D eigenvalue weighted by molar-refractivity contribution is -0.122. The Morgan fingerprint density at radius 3 is 2.41 bits per heavy atom. The first-order valence-electron chi connectivity index (χ1n) is 10.9. The standard InChI is InChI=1S/C26H19Cl2IN2O6/c1-2-36-22-12-15(11-21(29)23(22)37-13-14-3-8-19(27)20(28)10-14)9-18-24(33)30-26(35)31(25(18)34)16-4-6-17(32)7-5-16/h3-12,32H,2,13H2,1H3,(H,30,33,35)/b18-9+. The van der Waals surface area contributed by atoms with Crippen LogP contribution in [0.15, 0.2) is 60.2 Å². The number of benzene rings is 3. The summed E-state index contributed by atoms with van der Waals surface area (Å²) < 4.78 is 12.5. The number of imide groups is 2. The highest BCUT2D eigenvalue weighted by atomic mass is 127. The van der Waals surface area contributed by atoms with Crippen LogP contribution in [0.25, 0.3) is 6.08 Å². The summed E-state index contributed by atoms with van der Waals surface area (Å²) in [5.74, 6) is -0.752. The van der Waals surface area contributed by atoms with E-state index in [9.17, 15) is 19.5 Å². The molecule has 3 aromatic carbocycles. The number of anilines is 1. The van der Waals surface area contributed by atoms with Gasteiger partial charge in [-0.05, 0) is 95.2 Å². The quantitative estimate of drug-likeness (QED) is 0.186. The molecule has 2 N–H and O–H groups in total. The molecule has 0 aliphatic carbocycles. The van der Waals surface area contributed by atoms with Crippen molar-refractivity contribution in [3.05, 3.63) is 84.9 Å². The zero-order valence-corrected chi connectivity index (χ0v) is 22.9. The van der Waals surface area contributed by atoms with Crippen LogP contribution in [0.3, 0.4) is 0 Å². The van der Waals surface area contributed by atoms with E-state index in [0.29, 0.717) is 37.3 Å². The van der Waals surface area contributed by atoms with Gasteiger partial charge in [0.05, 0.1) is 25.9 Å². The molecule has 11 heteroatoms. The number of phenols is 1. The van der Waals surface area contributed by atoms with E-state index in [0.717, 1.165) is 10.5 Å². The average molecular weight is 653 g/mol. The molecule has 3 aromatic rings. The van der Waals surface area contributed by atoms with E-state index in [2.05, 4.69) is 27.9 Å². The van der Waals surface area contributed by atoms with Gasteiger partial charge in [-0.2, -0.15) is 0 Å². The first-order chi connectivity index (χ1) is 17.7. The number of nitrogens with zero attached hydrogens (tertiary/aromatic N) is 1. The Hall–Kier alpha value is -3.28. The van der Waals surface area contributed by atoms with Crippen LogP contribution in [0, 0.1) is 3.57 Å². The van der Waals surface area contributed by atoms with Crippen LogP contribution < -0.4 is 19.7 Å². The second-order valence-corrected chi connectivity index (χ2v) is 9.75. The molecule has 0 bridgehead atoms. The van der Waals surface area contributed by atoms with Crippen molar-refractivity contribution < 1.29 is 29.0 Å². The number of hydrogen-bond acceptors (Lipinski definition) is 6. The first kappa shape index (κ1) is 26.8. The largest absolute Gasteiger partial charge is 0.508 e. The summed E-state index contributed by atoms with van der Waals surface area (Å²) in [6.45, 7) is 2.37. The van der Waals surface area contributed by atoms with Crippen LogP contribution >= 0.6 is 45.8 Å². The SMILES string of the molecule is CCOc1cc(/C=C2\C(=O)NC(=O)N(c3ccc(O)cc3)C2=O)cc(I)c1OCc1ccc(Cl)c(Cl)c1. The van der Waals surface area contributed by atoms with E-state index >= 15 is 0 Å². The van der Waals surface area contributed by atoms with Crippen molar-refractivity contribution >= 4 is 75.4 Å². The maximum atomic E-state index is 13.1. The topological polar surface area (TPSA) is 105 Å². The molecule has 1 saturated heterocycles. The van der Waals surface area contributed by atoms with Crippen molar-refractivity contribution in [1.82, 2.24) is 5.32 Å². The summed E-state index contributed by atoms with van der Waals surface area (Å²) >= 11 is 14.2. The zero-order valence-electron chi connectivity index (χ0n) is 19.3. The molecule has 0 aromatic heterocycles. The van der Waals surface area contributed by atoms with E-state index in [-0.39, 0.29) is 23.6 Å². The number of halogens is 3. The Morgan fingerprint density at radius 2 is 1.73 bits per heavy atom. The molecular weight excluding hydrogens is 634 g/mol. The van der Waals surface area contributed by atoms with Gasteiger partial charge in [0, 0.05) is 0 Å². The monoisotopic (exact) mass is 652 g/mol. The van der Waals surface area contributed by atoms with Crippen molar-refractivity contribution in [3.8, 4) is 17.2 Å². The van der Waals surface area contributed by atoms with Crippen LogP contribution in [-0.4, -0.2) is 29.6 Å². The number of barbiturate groups is 1. The number of amides is 4. The Morgan fingerprint density at radius 1 is 1.00 bits per heavy atom.